The van der Waals surface area contributed by atoms with Gasteiger partial charge in [0.2, 0.25) is 0 Å². The van der Waals surface area contributed by atoms with E-state index in [4.69, 9.17) is 4.74 Å². The molecule has 0 amide bonds. The third-order valence-corrected chi connectivity index (χ3v) is 4.31. The van der Waals surface area contributed by atoms with E-state index >= 15 is 0 Å². The van der Waals surface area contributed by atoms with E-state index < -0.39 is 0 Å². The predicted octanol–water partition coefficient (Wildman–Crippen LogP) is 1.86. The molecule has 1 aromatic heterocycles. The van der Waals surface area contributed by atoms with Crippen LogP contribution in [0.4, 0.5) is 0 Å². The molecule has 1 saturated heterocycles. The molecule has 0 bridgehead atoms. The average molecular weight is 313 g/mol. The standard InChI is InChI=1S/C18H23N3O2/c1-14-5-3-4-6-16(14)17-13-15(2)18(22)21(19-17)8-7-20-9-11-23-12-10-20/h3-6,13H,7-12H2,1-2H3. The van der Waals surface area contributed by atoms with Gasteiger partial charge in [0.1, 0.15) is 0 Å². The fourth-order valence-corrected chi connectivity index (χ4v) is 2.88. The lowest BCUT2D eigenvalue weighted by Crippen LogP contribution is -2.40. The molecular formula is C18H23N3O2. The van der Waals surface area contributed by atoms with Crippen molar-refractivity contribution in [3.8, 4) is 11.3 Å². The minimum atomic E-state index is -0.00408. The van der Waals surface area contributed by atoms with Crippen molar-refractivity contribution in [3.05, 3.63) is 51.8 Å². The van der Waals surface area contributed by atoms with E-state index in [1.54, 1.807) is 4.68 Å². The van der Waals surface area contributed by atoms with Gasteiger partial charge in [-0.05, 0) is 25.5 Å². The number of aromatic nitrogens is 2. The van der Waals surface area contributed by atoms with Gasteiger partial charge in [0.05, 0.1) is 25.5 Å². The lowest BCUT2D eigenvalue weighted by Gasteiger charge is -2.26. The van der Waals surface area contributed by atoms with Crippen LogP contribution in [0.2, 0.25) is 0 Å². The van der Waals surface area contributed by atoms with Crippen LogP contribution in [0.3, 0.4) is 0 Å². The highest BCUT2D eigenvalue weighted by Gasteiger charge is 2.12. The van der Waals surface area contributed by atoms with Gasteiger partial charge in [0, 0.05) is 30.8 Å². The van der Waals surface area contributed by atoms with Crippen molar-refractivity contribution >= 4 is 0 Å². The molecule has 0 saturated carbocycles. The van der Waals surface area contributed by atoms with E-state index in [1.165, 1.54) is 0 Å². The van der Waals surface area contributed by atoms with Crippen molar-refractivity contribution < 1.29 is 4.74 Å². The molecule has 0 atom stereocenters. The summed E-state index contributed by atoms with van der Waals surface area (Å²) >= 11 is 0. The predicted molar refractivity (Wildman–Crippen MR) is 90.7 cm³/mol. The largest absolute Gasteiger partial charge is 0.379 e. The quantitative estimate of drug-likeness (QED) is 0.864. The molecule has 0 unspecified atom stereocenters. The van der Waals surface area contributed by atoms with Crippen LogP contribution in [0.1, 0.15) is 11.1 Å². The van der Waals surface area contributed by atoms with Crippen molar-refractivity contribution in [2.45, 2.75) is 20.4 Å². The van der Waals surface area contributed by atoms with Crippen LogP contribution in [0.15, 0.2) is 35.1 Å². The maximum absolute atomic E-state index is 12.4. The molecule has 5 nitrogen and oxygen atoms in total. The van der Waals surface area contributed by atoms with Crippen molar-refractivity contribution in [2.75, 3.05) is 32.8 Å². The first-order chi connectivity index (χ1) is 11.1. The van der Waals surface area contributed by atoms with Gasteiger partial charge in [0.15, 0.2) is 0 Å². The van der Waals surface area contributed by atoms with Gasteiger partial charge in [-0.15, -0.1) is 0 Å². The van der Waals surface area contributed by atoms with E-state index in [0.717, 1.165) is 55.2 Å². The molecule has 0 N–H and O–H groups in total. The summed E-state index contributed by atoms with van der Waals surface area (Å²) in [6.07, 6.45) is 0. The van der Waals surface area contributed by atoms with Gasteiger partial charge in [-0.25, -0.2) is 4.68 Å². The summed E-state index contributed by atoms with van der Waals surface area (Å²) in [5.41, 5.74) is 3.84. The summed E-state index contributed by atoms with van der Waals surface area (Å²) in [7, 11) is 0. The Balaban J connectivity index is 1.85. The Kier molecular flexibility index (Phi) is 4.88. The Bertz CT molecular complexity index is 733. The summed E-state index contributed by atoms with van der Waals surface area (Å²) in [6.45, 7) is 8.74. The normalized spacial score (nSPS) is 15.7. The molecule has 0 radical (unpaired) electrons. The molecule has 1 aromatic carbocycles. The minimum absolute atomic E-state index is 0.00408. The van der Waals surface area contributed by atoms with Crippen molar-refractivity contribution in [2.24, 2.45) is 0 Å². The lowest BCUT2D eigenvalue weighted by molar-refractivity contribution is 0.0358. The maximum Gasteiger partial charge on any atom is 0.269 e. The number of hydrogen-bond donors (Lipinski definition) is 0. The molecule has 0 aliphatic carbocycles. The molecule has 23 heavy (non-hydrogen) atoms. The van der Waals surface area contributed by atoms with Gasteiger partial charge < -0.3 is 4.74 Å². The second-order valence-electron chi connectivity index (χ2n) is 6.01. The Morgan fingerprint density at radius 2 is 1.83 bits per heavy atom. The zero-order chi connectivity index (χ0) is 16.2. The van der Waals surface area contributed by atoms with Crippen molar-refractivity contribution in [3.63, 3.8) is 0 Å². The second kappa shape index (κ2) is 7.06. The fourth-order valence-electron chi connectivity index (χ4n) is 2.88. The lowest BCUT2D eigenvalue weighted by atomic mass is 10.0. The molecule has 5 heteroatoms. The zero-order valence-corrected chi connectivity index (χ0v) is 13.8. The first-order valence-corrected chi connectivity index (χ1v) is 8.10. The summed E-state index contributed by atoms with van der Waals surface area (Å²) in [5.74, 6) is 0. The number of hydrogen-bond acceptors (Lipinski definition) is 4. The van der Waals surface area contributed by atoms with E-state index in [2.05, 4.69) is 23.0 Å². The highest BCUT2D eigenvalue weighted by Crippen LogP contribution is 2.20. The van der Waals surface area contributed by atoms with Crippen LogP contribution < -0.4 is 5.56 Å². The first kappa shape index (κ1) is 15.9. The number of nitrogens with zero attached hydrogens (tertiary/aromatic N) is 3. The molecule has 2 heterocycles. The monoisotopic (exact) mass is 313 g/mol. The van der Waals surface area contributed by atoms with E-state index in [0.29, 0.717) is 6.54 Å². The van der Waals surface area contributed by atoms with Crippen LogP contribution in [0.25, 0.3) is 11.3 Å². The average Bonchev–Trinajstić information content (AvgIpc) is 2.57. The molecule has 3 rings (SSSR count). The van der Waals surface area contributed by atoms with Crippen LogP contribution in [0.5, 0.6) is 0 Å². The summed E-state index contributed by atoms with van der Waals surface area (Å²) < 4.78 is 6.96. The van der Waals surface area contributed by atoms with E-state index in [-0.39, 0.29) is 5.56 Å². The van der Waals surface area contributed by atoms with Crippen molar-refractivity contribution in [1.29, 1.82) is 0 Å². The number of rotatable bonds is 4. The van der Waals surface area contributed by atoms with Crippen LogP contribution in [-0.4, -0.2) is 47.5 Å². The van der Waals surface area contributed by atoms with E-state index in [1.807, 2.05) is 31.2 Å². The van der Waals surface area contributed by atoms with Crippen molar-refractivity contribution in [1.82, 2.24) is 14.7 Å². The van der Waals surface area contributed by atoms with Gasteiger partial charge in [-0.2, -0.15) is 5.10 Å². The third kappa shape index (κ3) is 3.68. The zero-order valence-electron chi connectivity index (χ0n) is 13.8. The molecule has 1 aliphatic heterocycles. The Hall–Kier alpha value is -1.98. The number of morpholine rings is 1. The van der Waals surface area contributed by atoms with Crippen LogP contribution >= 0.6 is 0 Å². The smallest absolute Gasteiger partial charge is 0.269 e. The SMILES string of the molecule is Cc1ccccc1-c1cc(C)c(=O)n(CCN2CCOCC2)n1. The number of aryl methyl sites for hydroxylation is 2. The first-order valence-electron chi connectivity index (χ1n) is 8.10. The molecule has 1 fully saturated rings. The molecular weight excluding hydrogens is 290 g/mol. The molecule has 2 aromatic rings. The van der Waals surface area contributed by atoms with E-state index in [9.17, 15) is 4.79 Å². The van der Waals surface area contributed by atoms with Gasteiger partial charge in [-0.3, -0.25) is 9.69 Å². The van der Waals surface area contributed by atoms with Crippen LogP contribution in [0, 0.1) is 13.8 Å². The van der Waals surface area contributed by atoms with Gasteiger partial charge >= 0.3 is 0 Å². The molecule has 1 aliphatic rings. The molecule has 0 spiro atoms. The topological polar surface area (TPSA) is 47.4 Å². The summed E-state index contributed by atoms with van der Waals surface area (Å²) in [4.78, 5) is 14.7. The Morgan fingerprint density at radius 3 is 2.57 bits per heavy atom. The number of benzene rings is 1. The highest BCUT2D eigenvalue weighted by molar-refractivity contribution is 5.63. The third-order valence-electron chi connectivity index (χ3n) is 4.31. The fraction of sp³-hybridized carbons (Fsp3) is 0.444. The number of ether oxygens (including phenoxy) is 1. The Labute approximate surface area is 136 Å². The summed E-state index contributed by atoms with van der Waals surface area (Å²) in [6, 6.07) is 10.0. The minimum Gasteiger partial charge on any atom is -0.379 e. The highest BCUT2D eigenvalue weighted by atomic mass is 16.5. The van der Waals surface area contributed by atoms with Gasteiger partial charge in [-0.1, -0.05) is 24.3 Å². The van der Waals surface area contributed by atoms with Gasteiger partial charge in [0.25, 0.3) is 5.56 Å². The Morgan fingerprint density at radius 1 is 1.09 bits per heavy atom. The van der Waals surface area contributed by atoms with Crippen LogP contribution in [-0.2, 0) is 11.3 Å². The maximum atomic E-state index is 12.4. The second-order valence-corrected chi connectivity index (χ2v) is 6.01. The molecule has 122 valence electrons. The summed E-state index contributed by atoms with van der Waals surface area (Å²) in [5, 5.41) is 4.59.